The van der Waals surface area contributed by atoms with E-state index < -0.39 is 12.1 Å². The normalized spacial score (nSPS) is 25.9. The van der Waals surface area contributed by atoms with Crippen LogP contribution in [-0.4, -0.2) is 65.2 Å². The molecule has 0 spiro atoms. The fourth-order valence-corrected chi connectivity index (χ4v) is 3.19. The van der Waals surface area contributed by atoms with Gasteiger partial charge < -0.3 is 15.3 Å². The predicted octanol–water partition coefficient (Wildman–Crippen LogP) is 1.05. The fourth-order valence-electron chi connectivity index (χ4n) is 3.19. The third kappa shape index (κ3) is 4.43. The molecule has 126 valence electrons. The minimum Gasteiger partial charge on any atom is -0.390 e. The van der Waals surface area contributed by atoms with Crippen LogP contribution < -0.4 is 5.32 Å². The summed E-state index contributed by atoms with van der Waals surface area (Å²) in [4.78, 5) is 27.5. The molecule has 0 aromatic heterocycles. The van der Waals surface area contributed by atoms with Crippen molar-refractivity contribution in [1.29, 1.82) is 0 Å². The second-order valence-corrected chi connectivity index (χ2v) is 7.22. The molecule has 2 heterocycles. The van der Waals surface area contributed by atoms with Gasteiger partial charge in [0.2, 0.25) is 0 Å². The third-order valence-corrected chi connectivity index (χ3v) is 4.55. The highest BCUT2D eigenvalue weighted by Crippen LogP contribution is 2.17. The quantitative estimate of drug-likeness (QED) is 0.719. The van der Waals surface area contributed by atoms with E-state index in [4.69, 9.17) is 0 Å². The van der Waals surface area contributed by atoms with Gasteiger partial charge in [-0.25, -0.2) is 4.79 Å². The number of carbonyl (C=O) groups is 2. The van der Waals surface area contributed by atoms with Gasteiger partial charge in [0.15, 0.2) is 0 Å². The average Bonchev–Trinajstić information content (AvgIpc) is 2.68. The molecular weight excluding hydrogens is 282 g/mol. The standard InChI is InChI=1S/C16H29N3O3/c1-11(2)8-14-15(21)19(16(22)17-14)10-13(20)9-18-6-4-12(3)5-7-18/h11-14,20H,4-10H2,1-3H3,(H,17,22). The molecule has 22 heavy (non-hydrogen) atoms. The summed E-state index contributed by atoms with van der Waals surface area (Å²) in [5, 5.41) is 12.9. The summed E-state index contributed by atoms with van der Waals surface area (Å²) in [6.45, 7) is 8.87. The van der Waals surface area contributed by atoms with Crippen molar-refractivity contribution in [3.63, 3.8) is 0 Å². The first-order valence-electron chi connectivity index (χ1n) is 8.39. The molecule has 2 unspecified atom stereocenters. The van der Waals surface area contributed by atoms with Crippen molar-refractivity contribution in [2.24, 2.45) is 11.8 Å². The fraction of sp³-hybridized carbons (Fsp3) is 0.875. The van der Waals surface area contributed by atoms with E-state index in [0.717, 1.165) is 31.8 Å². The van der Waals surface area contributed by atoms with E-state index in [0.29, 0.717) is 18.9 Å². The number of β-amino-alcohol motifs (C(OH)–C–C–N with tert-alkyl or cyclic N) is 1. The van der Waals surface area contributed by atoms with Gasteiger partial charge in [0.25, 0.3) is 5.91 Å². The Morgan fingerprint density at radius 2 is 1.86 bits per heavy atom. The summed E-state index contributed by atoms with van der Waals surface area (Å²) in [6.07, 6.45) is 2.25. The van der Waals surface area contributed by atoms with Crippen LogP contribution in [0.15, 0.2) is 0 Å². The molecule has 0 saturated carbocycles. The number of nitrogens with zero attached hydrogens (tertiary/aromatic N) is 2. The first kappa shape index (κ1) is 17.2. The Bertz CT molecular complexity index is 405. The molecule has 6 heteroatoms. The van der Waals surface area contributed by atoms with Crippen LogP contribution in [-0.2, 0) is 4.79 Å². The van der Waals surface area contributed by atoms with Crippen molar-refractivity contribution >= 4 is 11.9 Å². The molecule has 2 aliphatic heterocycles. The maximum absolute atomic E-state index is 12.2. The molecule has 2 aliphatic rings. The van der Waals surface area contributed by atoms with Crippen LogP contribution in [0.5, 0.6) is 0 Å². The topological polar surface area (TPSA) is 72.9 Å². The molecule has 2 rings (SSSR count). The van der Waals surface area contributed by atoms with Crippen molar-refractivity contribution in [2.75, 3.05) is 26.2 Å². The zero-order valence-electron chi connectivity index (χ0n) is 13.9. The highest BCUT2D eigenvalue weighted by Gasteiger charge is 2.39. The van der Waals surface area contributed by atoms with Gasteiger partial charge in [0, 0.05) is 6.54 Å². The Labute approximate surface area is 132 Å². The number of aliphatic hydroxyl groups is 1. The van der Waals surface area contributed by atoms with Crippen molar-refractivity contribution in [2.45, 2.75) is 52.2 Å². The molecule has 2 saturated heterocycles. The summed E-state index contributed by atoms with van der Waals surface area (Å²) < 4.78 is 0. The van der Waals surface area contributed by atoms with Crippen LogP contribution in [0.1, 0.15) is 40.0 Å². The lowest BCUT2D eigenvalue weighted by Gasteiger charge is -2.32. The highest BCUT2D eigenvalue weighted by atomic mass is 16.3. The summed E-state index contributed by atoms with van der Waals surface area (Å²) in [6, 6.07) is -0.808. The Morgan fingerprint density at radius 3 is 2.45 bits per heavy atom. The molecule has 0 aliphatic carbocycles. The SMILES string of the molecule is CC(C)CC1NC(=O)N(CC(O)CN2CCC(C)CC2)C1=O. The summed E-state index contributed by atoms with van der Waals surface area (Å²) in [7, 11) is 0. The smallest absolute Gasteiger partial charge is 0.324 e. The zero-order chi connectivity index (χ0) is 16.3. The number of aliphatic hydroxyl groups excluding tert-OH is 1. The van der Waals surface area contributed by atoms with Gasteiger partial charge in [0.1, 0.15) is 6.04 Å². The monoisotopic (exact) mass is 311 g/mol. The van der Waals surface area contributed by atoms with E-state index in [1.165, 1.54) is 4.90 Å². The van der Waals surface area contributed by atoms with Crippen LogP contribution in [0, 0.1) is 11.8 Å². The van der Waals surface area contributed by atoms with Gasteiger partial charge in [-0.15, -0.1) is 0 Å². The Kier molecular flexibility index (Phi) is 5.81. The zero-order valence-corrected chi connectivity index (χ0v) is 13.9. The van der Waals surface area contributed by atoms with Gasteiger partial charge in [-0.3, -0.25) is 9.69 Å². The number of hydrogen-bond donors (Lipinski definition) is 2. The second kappa shape index (κ2) is 7.42. The van der Waals surface area contributed by atoms with E-state index in [-0.39, 0.29) is 18.5 Å². The average molecular weight is 311 g/mol. The van der Waals surface area contributed by atoms with Gasteiger partial charge >= 0.3 is 6.03 Å². The summed E-state index contributed by atoms with van der Waals surface area (Å²) in [5.74, 6) is 0.885. The van der Waals surface area contributed by atoms with Gasteiger partial charge in [-0.1, -0.05) is 20.8 Å². The molecule has 2 fully saturated rings. The number of carbonyl (C=O) groups excluding carboxylic acids is 2. The van der Waals surface area contributed by atoms with E-state index in [1.54, 1.807) is 0 Å². The second-order valence-electron chi connectivity index (χ2n) is 7.22. The van der Waals surface area contributed by atoms with Crippen LogP contribution >= 0.6 is 0 Å². The van der Waals surface area contributed by atoms with E-state index in [1.807, 2.05) is 13.8 Å². The molecule has 0 aromatic carbocycles. The number of likely N-dealkylation sites (tertiary alicyclic amines) is 1. The number of piperidine rings is 1. The van der Waals surface area contributed by atoms with Crippen molar-refractivity contribution in [3.05, 3.63) is 0 Å². The van der Waals surface area contributed by atoms with Gasteiger partial charge in [0.05, 0.1) is 12.6 Å². The van der Waals surface area contributed by atoms with Gasteiger partial charge in [-0.05, 0) is 44.2 Å². The lowest BCUT2D eigenvalue weighted by Crippen LogP contribution is -2.45. The Balaban J connectivity index is 1.82. The highest BCUT2D eigenvalue weighted by molar-refractivity contribution is 6.04. The number of urea groups is 1. The Morgan fingerprint density at radius 1 is 1.23 bits per heavy atom. The molecule has 0 bridgehead atoms. The largest absolute Gasteiger partial charge is 0.390 e. The molecule has 0 radical (unpaired) electrons. The lowest BCUT2D eigenvalue weighted by atomic mass is 9.99. The van der Waals surface area contributed by atoms with Gasteiger partial charge in [-0.2, -0.15) is 0 Å². The van der Waals surface area contributed by atoms with Crippen LogP contribution in [0.2, 0.25) is 0 Å². The van der Waals surface area contributed by atoms with E-state index in [2.05, 4.69) is 17.1 Å². The number of hydrogen-bond acceptors (Lipinski definition) is 4. The lowest BCUT2D eigenvalue weighted by molar-refractivity contribution is -0.128. The van der Waals surface area contributed by atoms with Crippen LogP contribution in [0.3, 0.4) is 0 Å². The first-order valence-corrected chi connectivity index (χ1v) is 8.39. The predicted molar refractivity (Wildman–Crippen MR) is 84.3 cm³/mol. The molecule has 2 atom stereocenters. The van der Waals surface area contributed by atoms with Crippen molar-refractivity contribution < 1.29 is 14.7 Å². The maximum atomic E-state index is 12.2. The third-order valence-electron chi connectivity index (χ3n) is 4.55. The first-order chi connectivity index (χ1) is 10.4. The van der Waals surface area contributed by atoms with Crippen molar-refractivity contribution in [3.8, 4) is 0 Å². The number of amides is 3. The van der Waals surface area contributed by atoms with E-state index >= 15 is 0 Å². The minimum atomic E-state index is -0.680. The molecule has 6 nitrogen and oxygen atoms in total. The van der Waals surface area contributed by atoms with E-state index in [9.17, 15) is 14.7 Å². The molecule has 0 aromatic rings. The Hall–Kier alpha value is -1.14. The van der Waals surface area contributed by atoms with Crippen LogP contribution in [0.25, 0.3) is 0 Å². The maximum Gasteiger partial charge on any atom is 0.324 e. The molecular formula is C16H29N3O3. The summed E-state index contributed by atoms with van der Waals surface area (Å²) in [5.41, 5.74) is 0. The van der Waals surface area contributed by atoms with Crippen molar-refractivity contribution in [1.82, 2.24) is 15.1 Å². The summed E-state index contributed by atoms with van der Waals surface area (Å²) >= 11 is 0. The number of rotatable bonds is 6. The molecule has 2 N–H and O–H groups in total. The van der Waals surface area contributed by atoms with Crippen LogP contribution in [0.4, 0.5) is 4.79 Å². The number of nitrogens with one attached hydrogen (secondary N) is 1. The number of imide groups is 1. The molecule has 3 amide bonds. The minimum absolute atomic E-state index is 0.0886.